The lowest BCUT2D eigenvalue weighted by Crippen LogP contribution is -2.32. The van der Waals surface area contributed by atoms with Crippen LogP contribution in [0.15, 0.2) is 35.8 Å². The van der Waals surface area contributed by atoms with Crippen LogP contribution in [0.4, 0.5) is 0 Å². The van der Waals surface area contributed by atoms with Crippen LogP contribution in [-0.4, -0.2) is 36.9 Å². The van der Waals surface area contributed by atoms with E-state index in [4.69, 9.17) is 4.74 Å². The summed E-state index contributed by atoms with van der Waals surface area (Å²) in [5.74, 6) is 0.0403. The van der Waals surface area contributed by atoms with Gasteiger partial charge in [0.2, 0.25) is 10.0 Å². The van der Waals surface area contributed by atoms with Crippen LogP contribution in [0.5, 0.6) is 5.19 Å². The summed E-state index contributed by atoms with van der Waals surface area (Å²) in [6.45, 7) is 2.86. The molecule has 1 aliphatic rings. The standard InChI is InChI=1S/C15H18N2O3S2/c1-12-3-2-4-13(9-12)11-22(18,19)17-7-5-14(10-17)20-15-16-6-8-21-15/h2-4,6,8-9,14H,5,7,10-11H2,1H3/t14-/m0/s1. The van der Waals surface area contributed by atoms with Gasteiger partial charge in [0.1, 0.15) is 6.10 Å². The van der Waals surface area contributed by atoms with Crippen molar-refractivity contribution in [3.8, 4) is 5.19 Å². The lowest BCUT2D eigenvalue weighted by Gasteiger charge is -2.16. The highest BCUT2D eigenvalue weighted by Crippen LogP contribution is 2.23. The van der Waals surface area contributed by atoms with E-state index in [0.717, 1.165) is 11.1 Å². The fourth-order valence-electron chi connectivity index (χ4n) is 2.56. The van der Waals surface area contributed by atoms with Crippen LogP contribution in [0.3, 0.4) is 0 Å². The van der Waals surface area contributed by atoms with E-state index in [1.54, 1.807) is 6.20 Å². The molecule has 5 nitrogen and oxygen atoms in total. The molecule has 3 rings (SSSR count). The van der Waals surface area contributed by atoms with Crippen molar-refractivity contribution in [1.29, 1.82) is 0 Å². The molecule has 2 heterocycles. The van der Waals surface area contributed by atoms with Gasteiger partial charge in [-0.2, -0.15) is 4.31 Å². The van der Waals surface area contributed by atoms with Gasteiger partial charge in [0.15, 0.2) is 0 Å². The van der Waals surface area contributed by atoms with Gasteiger partial charge < -0.3 is 4.74 Å². The summed E-state index contributed by atoms with van der Waals surface area (Å²) < 4.78 is 32.3. The van der Waals surface area contributed by atoms with Gasteiger partial charge in [0.25, 0.3) is 5.19 Å². The Morgan fingerprint density at radius 1 is 1.45 bits per heavy atom. The van der Waals surface area contributed by atoms with E-state index >= 15 is 0 Å². The zero-order valence-corrected chi connectivity index (χ0v) is 13.9. The summed E-state index contributed by atoms with van der Waals surface area (Å²) in [6, 6.07) is 7.61. The number of aromatic nitrogens is 1. The Morgan fingerprint density at radius 2 is 2.32 bits per heavy atom. The van der Waals surface area contributed by atoms with Crippen molar-refractivity contribution in [2.24, 2.45) is 0 Å². The highest BCUT2D eigenvalue weighted by Gasteiger charge is 2.32. The Hall–Kier alpha value is -1.44. The molecule has 118 valence electrons. The van der Waals surface area contributed by atoms with E-state index < -0.39 is 10.0 Å². The fourth-order valence-corrected chi connectivity index (χ4v) is 4.67. The summed E-state index contributed by atoms with van der Waals surface area (Å²) in [4.78, 5) is 4.07. The minimum absolute atomic E-state index is 0.0403. The summed E-state index contributed by atoms with van der Waals surface area (Å²) in [6.07, 6.45) is 2.27. The van der Waals surface area contributed by atoms with Crippen molar-refractivity contribution in [1.82, 2.24) is 9.29 Å². The fraction of sp³-hybridized carbons (Fsp3) is 0.400. The normalized spacial score (nSPS) is 19.4. The quantitative estimate of drug-likeness (QED) is 0.840. The zero-order chi connectivity index (χ0) is 15.6. The molecule has 1 aliphatic heterocycles. The van der Waals surface area contributed by atoms with E-state index in [-0.39, 0.29) is 11.9 Å². The Balaban J connectivity index is 1.63. The van der Waals surface area contributed by atoms with Crippen LogP contribution in [0, 0.1) is 6.92 Å². The molecule has 0 saturated carbocycles. The summed E-state index contributed by atoms with van der Waals surface area (Å²) in [5.41, 5.74) is 1.89. The van der Waals surface area contributed by atoms with Crippen molar-refractivity contribution >= 4 is 21.4 Å². The maximum Gasteiger partial charge on any atom is 0.273 e. The largest absolute Gasteiger partial charge is 0.465 e. The third kappa shape index (κ3) is 3.66. The average molecular weight is 338 g/mol. The van der Waals surface area contributed by atoms with Gasteiger partial charge in [0.05, 0.1) is 12.3 Å². The molecule has 22 heavy (non-hydrogen) atoms. The van der Waals surface area contributed by atoms with E-state index in [2.05, 4.69) is 4.98 Å². The first-order chi connectivity index (χ1) is 10.5. The number of rotatable bonds is 5. The van der Waals surface area contributed by atoms with Crippen molar-refractivity contribution in [2.45, 2.75) is 25.2 Å². The maximum atomic E-state index is 12.5. The summed E-state index contributed by atoms with van der Waals surface area (Å²) >= 11 is 1.42. The van der Waals surface area contributed by atoms with Crippen LogP contribution in [0.1, 0.15) is 17.5 Å². The molecule has 1 aromatic heterocycles. The van der Waals surface area contributed by atoms with Crippen molar-refractivity contribution in [3.05, 3.63) is 47.0 Å². The zero-order valence-electron chi connectivity index (χ0n) is 12.3. The highest BCUT2D eigenvalue weighted by molar-refractivity contribution is 7.88. The molecule has 0 aliphatic carbocycles. The average Bonchev–Trinajstić information content (AvgIpc) is 3.10. The number of sulfonamides is 1. The molecule has 1 aromatic carbocycles. The van der Waals surface area contributed by atoms with Gasteiger partial charge in [-0.3, -0.25) is 0 Å². The van der Waals surface area contributed by atoms with E-state index in [9.17, 15) is 8.42 Å². The van der Waals surface area contributed by atoms with Gasteiger partial charge in [-0.05, 0) is 18.9 Å². The molecule has 1 saturated heterocycles. The Kier molecular flexibility index (Phi) is 4.46. The van der Waals surface area contributed by atoms with Gasteiger partial charge >= 0.3 is 0 Å². The lowest BCUT2D eigenvalue weighted by molar-refractivity contribution is 0.214. The van der Waals surface area contributed by atoms with E-state index in [0.29, 0.717) is 24.7 Å². The monoisotopic (exact) mass is 338 g/mol. The summed E-state index contributed by atoms with van der Waals surface area (Å²) in [7, 11) is -3.31. The third-order valence-corrected chi connectivity index (χ3v) is 6.09. The number of hydrogen-bond donors (Lipinski definition) is 0. The number of ether oxygens (including phenoxy) is 1. The molecule has 0 unspecified atom stereocenters. The molecule has 0 spiro atoms. The third-order valence-electron chi connectivity index (χ3n) is 3.61. The Morgan fingerprint density at radius 3 is 3.05 bits per heavy atom. The number of aryl methyl sites for hydroxylation is 1. The topological polar surface area (TPSA) is 59.5 Å². The minimum Gasteiger partial charge on any atom is -0.465 e. The predicted molar refractivity (Wildman–Crippen MR) is 86.5 cm³/mol. The molecule has 1 atom stereocenters. The number of thiazole rings is 1. The second kappa shape index (κ2) is 6.36. The predicted octanol–water partition coefficient (Wildman–Crippen LogP) is 2.43. The second-order valence-corrected chi connectivity index (χ2v) is 8.26. The first-order valence-electron chi connectivity index (χ1n) is 7.12. The van der Waals surface area contributed by atoms with Crippen molar-refractivity contribution in [3.63, 3.8) is 0 Å². The number of nitrogens with zero attached hydrogens (tertiary/aromatic N) is 2. The molecular formula is C15H18N2O3S2. The SMILES string of the molecule is Cc1cccc(CS(=O)(=O)N2CC[C@H](Oc3nccs3)C2)c1. The lowest BCUT2D eigenvalue weighted by atomic mass is 10.2. The molecule has 0 radical (unpaired) electrons. The van der Waals surface area contributed by atoms with Crippen LogP contribution in [0.25, 0.3) is 0 Å². The van der Waals surface area contributed by atoms with Crippen LogP contribution >= 0.6 is 11.3 Å². The molecule has 0 amide bonds. The van der Waals surface area contributed by atoms with Gasteiger partial charge in [-0.15, -0.1) is 0 Å². The molecular weight excluding hydrogens is 320 g/mol. The smallest absolute Gasteiger partial charge is 0.273 e. The number of benzene rings is 1. The molecule has 0 N–H and O–H groups in total. The molecule has 2 aromatic rings. The van der Waals surface area contributed by atoms with Gasteiger partial charge in [-0.1, -0.05) is 41.2 Å². The summed E-state index contributed by atoms with van der Waals surface area (Å²) in [5, 5.41) is 2.44. The maximum absolute atomic E-state index is 12.5. The second-order valence-electron chi connectivity index (χ2n) is 5.43. The highest BCUT2D eigenvalue weighted by atomic mass is 32.2. The van der Waals surface area contributed by atoms with Crippen LogP contribution in [-0.2, 0) is 15.8 Å². The van der Waals surface area contributed by atoms with E-state index in [1.165, 1.54) is 15.6 Å². The Labute approximate surface area is 134 Å². The molecule has 7 heteroatoms. The molecule has 1 fully saturated rings. The van der Waals surface area contributed by atoms with Gasteiger partial charge in [0, 0.05) is 18.1 Å². The van der Waals surface area contributed by atoms with E-state index in [1.807, 2.05) is 36.6 Å². The van der Waals surface area contributed by atoms with Crippen molar-refractivity contribution in [2.75, 3.05) is 13.1 Å². The Bertz CT molecular complexity index is 729. The van der Waals surface area contributed by atoms with Gasteiger partial charge in [-0.25, -0.2) is 13.4 Å². The van der Waals surface area contributed by atoms with Crippen LogP contribution in [0.2, 0.25) is 0 Å². The number of hydrogen-bond acceptors (Lipinski definition) is 5. The molecule has 0 bridgehead atoms. The first kappa shape index (κ1) is 15.5. The minimum atomic E-state index is -3.31. The van der Waals surface area contributed by atoms with Crippen molar-refractivity contribution < 1.29 is 13.2 Å². The van der Waals surface area contributed by atoms with Crippen LogP contribution < -0.4 is 4.74 Å². The first-order valence-corrected chi connectivity index (χ1v) is 9.61.